The second kappa shape index (κ2) is 9.62. The maximum absolute atomic E-state index is 5.72. The Morgan fingerprint density at radius 3 is 3.05 bits per heavy atom. The van der Waals surface area contributed by atoms with Crippen LogP contribution in [0.4, 0.5) is 0 Å². The average Bonchev–Trinajstić information content (AvgIpc) is 2.55. The lowest BCUT2D eigenvalue weighted by Gasteiger charge is -2.28. The molecule has 0 unspecified atom stereocenters. The molecular formula is C17H27N3OS. The number of fused-ring (bicyclic) bond motifs is 1. The SMILES string of the molecule is CCNC(=NCCCCSC)N[C@H]1CCOc2ccccc21. The fraction of sp³-hybridized carbons (Fsp3) is 0.588. The quantitative estimate of drug-likeness (QED) is 0.460. The Morgan fingerprint density at radius 1 is 1.36 bits per heavy atom. The van der Waals surface area contributed by atoms with E-state index >= 15 is 0 Å². The topological polar surface area (TPSA) is 45.7 Å². The minimum Gasteiger partial charge on any atom is -0.493 e. The monoisotopic (exact) mass is 321 g/mol. The zero-order chi connectivity index (χ0) is 15.6. The second-order valence-electron chi connectivity index (χ2n) is 5.33. The molecule has 4 nitrogen and oxygen atoms in total. The van der Waals surface area contributed by atoms with Gasteiger partial charge in [-0.25, -0.2) is 0 Å². The molecule has 2 N–H and O–H groups in total. The van der Waals surface area contributed by atoms with Gasteiger partial charge in [0.2, 0.25) is 0 Å². The summed E-state index contributed by atoms with van der Waals surface area (Å²) >= 11 is 1.90. The van der Waals surface area contributed by atoms with E-state index in [0.717, 1.165) is 44.2 Å². The molecule has 1 aliphatic rings. The number of aliphatic imine (C=N–C) groups is 1. The van der Waals surface area contributed by atoms with Gasteiger partial charge in [-0.15, -0.1) is 0 Å². The van der Waals surface area contributed by atoms with Crippen LogP contribution in [0.1, 0.15) is 37.8 Å². The Bertz CT molecular complexity index is 479. The van der Waals surface area contributed by atoms with Gasteiger partial charge in [-0.2, -0.15) is 11.8 Å². The highest BCUT2D eigenvalue weighted by Gasteiger charge is 2.21. The molecule has 0 saturated heterocycles. The summed E-state index contributed by atoms with van der Waals surface area (Å²) in [6.07, 6.45) is 5.48. The van der Waals surface area contributed by atoms with E-state index in [2.05, 4.69) is 35.9 Å². The molecule has 0 aromatic heterocycles. The standard InChI is InChI=1S/C17H27N3OS/c1-3-18-17(19-11-6-7-13-22-2)20-15-10-12-21-16-9-5-4-8-14(15)16/h4-5,8-9,15H,3,6-7,10-13H2,1-2H3,(H2,18,19,20)/t15-/m0/s1. The van der Waals surface area contributed by atoms with E-state index in [9.17, 15) is 0 Å². The molecule has 1 aromatic carbocycles. The van der Waals surface area contributed by atoms with Crippen LogP contribution < -0.4 is 15.4 Å². The van der Waals surface area contributed by atoms with Crippen LogP contribution in [0, 0.1) is 0 Å². The lowest BCUT2D eigenvalue weighted by Crippen LogP contribution is -2.41. The highest BCUT2D eigenvalue weighted by atomic mass is 32.2. The number of nitrogens with zero attached hydrogens (tertiary/aromatic N) is 1. The van der Waals surface area contributed by atoms with E-state index < -0.39 is 0 Å². The van der Waals surface area contributed by atoms with E-state index in [1.54, 1.807) is 0 Å². The molecular weight excluding hydrogens is 294 g/mol. The Kier molecular flexibility index (Phi) is 7.43. The van der Waals surface area contributed by atoms with Gasteiger partial charge in [0, 0.05) is 25.1 Å². The zero-order valence-electron chi connectivity index (χ0n) is 13.6. The Labute approximate surface area is 138 Å². The Balaban J connectivity index is 1.95. The van der Waals surface area contributed by atoms with Crippen LogP contribution in [0.5, 0.6) is 5.75 Å². The molecule has 1 aromatic rings. The minimum absolute atomic E-state index is 0.272. The molecule has 0 fully saturated rings. The average molecular weight is 321 g/mol. The predicted molar refractivity (Wildman–Crippen MR) is 96.0 cm³/mol. The van der Waals surface area contributed by atoms with Gasteiger partial charge in [0.25, 0.3) is 0 Å². The molecule has 2 rings (SSSR count). The first kappa shape index (κ1) is 17.0. The highest BCUT2D eigenvalue weighted by molar-refractivity contribution is 7.98. The van der Waals surface area contributed by atoms with Crippen LogP contribution in [0.3, 0.4) is 0 Å². The maximum Gasteiger partial charge on any atom is 0.191 e. The summed E-state index contributed by atoms with van der Waals surface area (Å²) in [6.45, 7) is 4.60. The summed E-state index contributed by atoms with van der Waals surface area (Å²) in [5, 5.41) is 6.90. The summed E-state index contributed by atoms with van der Waals surface area (Å²) in [6, 6.07) is 8.53. The zero-order valence-corrected chi connectivity index (χ0v) is 14.4. The van der Waals surface area contributed by atoms with Crippen LogP contribution in [0.25, 0.3) is 0 Å². The number of nitrogens with one attached hydrogen (secondary N) is 2. The lowest BCUT2D eigenvalue weighted by molar-refractivity contribution is 0.261. The summed E-state index contributed by atoms with van der Waals surface area (Å²) in [7, 11) is 0. The van der Waals surface area contributed by atoms with Gasteiger partial charge in [-0.1, -0.05) is 18.2 Å². The van der Waals surface area contributed by atoms with Crippen molar-refractivity contribution in [2.24, 2.45) is 4.99 Å². The fourth-order valence-electron chi connectivity index (χ4n) is 2.53. The van der Waals surface area contributed by atoms with Gasteiger partial charge in [0.1, 0.15) is 5.75 Å². The first-order chi connectivity index (χ1) is 10.8. The van der Waals surface area contributed by atoms with Crippen LogP contribution in [0.15, 0.2) is 29.3 Å². The molecule has 1 atom stereocenters. The summed E-state index contributed by atoms with van der Waals surface area (Å²) < 4.78 is 5.72. The second-order valence-corrected chi connectivity index (χ2v) is 6.32. The molecule has 5 heteroatoms. The molecule has 0 amide bonds. The number of guanidine groups is 1. The predicted octanol–water partition coefficient (Wildman–Crippen LogP) is 3.21. The highest BCUT2D eigenvalue weighted by Crippen LogP contribution is 2.31. The third-order valence-corrected chi connectivity index (χ3v) is 4.34. The molecule has 0 saturated carbocycles. The molecule has 22 heavy (non-hydrogen) atoms. The number of rotatable bonds is 7. The molecule has 1 heterocycles. The summed E-state index contributed by atoms with van der Waals surface area (Å²) in [4.78, 5) is 4.70. The maximum atomic E-state index is 5.72. The third kappa shape index (κ3) is 5.13. The Hall–Kier alpha value is -1.36. The molecule has 122 valence electrons. The minimum atomic E-state index is 0.272. The number of ether oxygens (including phenoxy) is 1. The van der Waals surface area contributed by atoms with Crippen LogP contribution in [-0.4, -0.2) is 37.7 Å². The summed E-state index contributed by atoms with van der Waals surface area (Å²) in [5.41, 5.74) is 1.22. The molecule has 0 aliphatic carbocycles. The number of hydrogen-bond donors (Lipinski definition) is 2. The smallest absolute Gasteiger partial charge is 0.191 e. The van der Waals surface area contributed by atoms with Gasteiger partial charge >= 0.3 is 0 Å². The number of hydrogen-bond acceptors (Lipinski definition) is 3. The van der Waals surface area contributed by atoms with Gasteiger partial charge < -0.3 is 15.4 Å². The first-order valence-electron chi connectivity index (χ1n) is 8.10. The number of benzene rings is 1. The molecule has 1 aliphatic heterocycles. The van der Waals surface area contributed by atoms with E-state index in [1.807, 2.05) is 23.9 Å². The molecule has 0 spiro atoms. The fourth-order valence-corrected chi connectivity index (χ4v) is 3.02. The van der Waals surface area contributed by atoms with Crippen molar-refractivity contribution in [1.29, 1.82) is 0 Å². The van der Waals surface area contributed by atoms with Crippen LogP contribution in [-0.2, 0) is 0 Å². The molecule has 0 radical (unpaired) electrons. The number of para-hydroxylation sites is 1. The summed E-state index contributed by atoms with van der Waals surface area (Å²) in [5.74, 6) is 3.11. The van der Waals surface area contributed by atoms with Crippen molar-refractivity contribution in [2.75, 3.05) is 31.7 Å². The van der Waals surface area contributed by atoms with Crippen molar-refractivity contribution in [3.63, 3.8) is 0 Å². The van der Waals surface area contributed by atoms with E-state index in [0.29, 0.717) is 0 Å². The van der Waals surface area contributed by atoms with Crippen molar-refractivity contribution < 1.29 is 4.74 Å². The normalized spacial score (nSPS) is 17.5. The van der Waals surface area contributed by atoms with Crippen molar-refractivity contribution in [1.82, 2.24) is 10.6 Å². The van der Waals surface area contributed by atoms with Gasteiger partial charge in [0.05, 0.1) is 12.6 Å². The van der Waals surface area contributed by atoms with Gasteiger partial charge in [-0.3, -0.25) is 4.99 Å². The van der Waals surface area contributed by atoms with Crippen LogP contribution in [0.2, 0.25) is 0 Å². The van der Waals surface area contributed by atoms with E-state index in [1.165, 1.54) is 17.7 Å². The lowest BCUT2D eigenvalue weighted by atomic mass is 10.0. The van der Waals surface area contributed by atoms with Crippen LogP contribution >= 0.6 is 11.8 Å². The largest absolute Gasteiger partial charge is 0.493 e. The van der Waals surface area contributed by atoms with Gasteiger partial charge in [-0.05, 0) is 37.8 Å². The van der Waals surface area contributed by atoms with Crippen molar-refractivity contribution in [3.8, 4) is 5.75 Å². The van der Waals surface area contributed by atoms with Crippen molar-refractivity contribution in [2.45, 2.75) is 32.2 Å². The molecule has 0 bridgehead atoms. The van der Waals surface area contributed by atoms with E-state index in [-0.39, 0.29) is 6.04 Å². The number of unbranched alkanes of at least 4 members (excludes halogenated alkanes) is 1. The third-order valence-electron chi connectivity index (χ3n) is 3.64. The van der Waals surface area contributed by atoms with E-state index in [4.69, 9.17) is 9.73 Å². The first-order valence-corrected chi connectivity index (χ1v) is 9.50. The van der Waals surface area contributed by atoms with Gasteiger partial charge in [0.15, 0.2) is 5.96 Å². The van der Waals surface area contributed by atoms with Crippen molar-refractivity contribution >= 4 is 17.7 Å². The number of thioether (sulfide) groups is 1. The Morgan fingerprint density at radius 2 is 2.23 bits per heavy atom. The van der Waals surface area contributed by atoms with Crippen molar-refractivity contribution in [3.05, 3.63) is 29.8 Å².